The number of nitrogens with zero attached hydrogens (tertiary/aromatic N) is 6. The van der Waals surface area contributed by atoms with Crippen molar-refractivity contribution in [3.63, 3.8) is 0 Å². The van der Waals surface area contributed by atoms with Gasteiger partial charge in [0.15, 0.2) is 11.5 Å². The fourth-order valence-electron chi connectivity index (χ4n) is 5.77. The lowest BCUT2D eigenvalue weighted by atomic mass is 10.1. The van der Waals surface area contributed by atoms with Crippen LogP contribution < -0.4 is 30.2 Å². The van der Waals surface area contributed by atoms with Crippen LogP contribution in [0.25, 0.3) is 15.9 Å². The molecule has 0 aliphatic carbocycles. The molecule has 42 heavy (non-hydrogen) atoms. The number of primary amides is 1. The van der Waals surface area contributed by atoms with Crippen LogP contribution in [0.2, 0.25) is 0 Å². The van der Waals surface area contributed by atoms with Gasteiger partial charge in [0, 0.05) is 30.1 Å². The van der Waals surface area contributed by atoms with Crippen molar-refractivity contribution in [2.75, 3.05) is 51.2 Å². The Balaban J connectivity index is 1.35. The van der Waals surface area contributed by atoms with Crippen molar-refractivity contribution < 1.29 is 19.0 Å². The van der Waals surface area contributed by atoms with Crippen LogP contribution in [0, 0.1) is 0 Å². The number of piperidine rings is 1. The maximum absolute atomic E-state index is 12.2. The van der Waals surface area contributed by atoms with Gasteiger partial charge in [-0.05, 0) is 44.8 Å². The molecule has 5 heterocycles. The summed E-state index contributed by atoms with van der Waals surface area (Å²) in [6, 6.07) is 5.47. The summed E-state index contributed by atoms with van der Waals surface area (Å²) in [4.78, 5) is 33.1. The molecule has 2 fully saturated rings. The van der Waals surface area contributed by atoms with Crippen molar-refractivity contribution in [1.82, 2.24) is 24.4 Å². The fraction of sp³-hybridized carbons (Fsp3) is 0.448. The Morgan fingerprint density at radius 3 is 2.48 bits per heavy atom. The molecule has 1 amide bonds. The molecule has 6 rings (SSSR count). The van der Waals surface area contributed by atoms with Gasteiger partial charge in [-0.15, -0.1) is 11.3 Å². The van der Waals surface area contributed by atoms with Gasteiger partial charge in [-0.3, -0.25) is 9.69 Å². The third-order valence-electron chi connectivity index (χ3n) is 7.87. The van der Waals surface area contributed by atoms with Gasteiger partial charge in [0.2, 0.25) is 17.6 Å². The highest BCUT2D eigenvalue weighted by Crippen LogP contribution is 2.40. The van der Waals surface area contributed by atoms with E-state index in [2.05, 4.69) is 21.3 Å². The lowest BCUT2D eigenvalue weighted by Crippen LogP contribution is -2.41. The van der Waals surface area contributed by atoms with E-state index >= 15 is 0 Å². The molecule has 0 bridgehead atoms. The molecule has 2 aliphatic heterocycles. The maximum atomic E-state index is 12.2. The molecule has 2 saturated heterocycles. The van der Waals surface area contributed by atoms with Gasteiger partial charge < -0.3 is 34.7 Å². The standard InChI is InChI=1S/C29H36N8O4S/c1-39-22-12-18(13-23(40-2)25(22)41-3)36-16-24(31-17-36)32-27-20-14-19(15-35-9-5-4-6-10-35)42-28(20)34-29(33-27)37-11-7-8-21(37)26(30)38/h12-14,16-17,21H,4-11,15H2,1-3H3,(H2,30,38)(H,32,33,34). The molecular formula is C29H36N8O4S. The van der Waals surface area contributed by atoms with Crippen molar-refractivity contribution in [1.29, 1.82) is 0 Å². The second-order valence-corrected chi connectivity index (χ2v) is 11.7. The average Bonchev–Trinajstić information content (AvgIpc) is 3.77. The number of fused-ring (bicyclic) bond motifs is 1. The number of amides is 1. The Morgan fingerprint density at radius 2 is 1.79 bits per heavy atom. The molecule has 1 unspecified atom stereocenters. The summed E-state index contributed by atoms with van der Waals surface area (Å²) in [5.74, 6) is 3.01. The van der Waals surface area contributed by atoms with E-state index in [0.717, 1.165) is 42.0 Å². The minimum absolute atomic E-state index is 0.355. The predicted molar refractivity (Wildman–Crippen MR) is 163 cm³/mol. The summed E-state index contributed by atoms with van der Waals surface area (Å²) in [5.41, 5.74) is 6.52. The van der Waals surface area contributed by atoms with Crippen molar-refractivity contribution in [3.05, 3.63) is 35.6 Å². The number of hydrogen-bond donors (Lipinski definition) is 2. The Hall–Kier alpha value is -4.10. The highest BCUT2D eigenvalue weighted by molar-refractivity contribution is 7.18. The van der Waals surface area contributed by atoms with E-state index in [4.69, 9.17) is 29.9 Å². The molecule has 13 heteroatoms. The maximum Gasteiger partial charge on any atom is 0.240 e. The van der Waals surface area contributed by atoms with Gasteiger partial charge >= 0.3 is 0 Å². The molecule has 4 aromatic rings. The highest BCUT2D eigenvalue weighted by Gasteiger charge is 2.32. The molecule has 0 radical (unpaired) electrons. The van der Waals surface area contributed by atoms with Crippen LogP contribution in [0.5, 0.6) is 17.2 Å². The number of likely N-dealkylation sites (tertiary alicyclic amines) is 1. The van der Waals surface area contributed by atoms with E-state index in [0.29, 0.717) is 47.8 Å². The van der Waals surface area contributed by atoms with E-state index in [-0.39, 0.29) is 5.91 Å². The number of ether oxygens (including phenoxy) is 3. The van der Waals surface area contributed by atoms with E-state index in [1.54, 1.807) is 39.0 Å². The normalized spacial score (nSPS) is 17.5. The van der Waals surface area contributed by atoms with Crippen LogP contribution in [0.4, 0.5) is 17.6 Å². The second kappa shape index (κ2) is 12.0. The third-order valence-corrected chi connectivity index (χ3v) is 8.89. The lowest BCUT2D eigenvalue weighted by Gasteiger charge is -2.25. The number of nitrogens with two attached hydrogens (primary N) is 1. The third kappa shape index (κ3) is 5.53. The van der Waals surface area contributed by atoms with E-state index in [1.807, 2.05) is 27.8 Å². The number of aromatic nitrogens is 4. The quantitative estimate of drug-likeness (QED) is 0.277. The molecule has 1 aromatic carbocycles. The summed E-state index contributed by atoms with van der Waals surface area (Å²) in [6.07, 6.45) is 8.91. The largest absolute Gasteiger partial charge is 0.493 e. The summed E-state index contributed by atoms with van der Waals surface area (Å²) in [5, 5.41) is 4.35. The molecule has 12 nitrogen and oxygen atoms in total. The first-order valence-corrected chi connectivity index (χ1v) is 15.0. The van der Waals surface area contributed by atoms with Gasteiger partial charge in [-0.2, -0.15) is 4.98 Å². The van der Waals surface area contributed by atoms with Crippen molar-refractivity contribution >= 4 is 45.0 Å². The zero-order valence-electron chi connectivity index (χ0n) is 24.1. The average molecular weight is 593 g/mol. The molecule has 222 valence electrons. The van der Waals surface area contributed by atoms with Crippen LogP contribution >= 0.6 is 11.3 Å². The minimum Gasteiger partial charge on any atom is -0.493 e. The first-order valence-electron chi connectivity index (χ1n) is 14.2. The number of hydrogen-bond acceptors (Lipinski definition) is 11. The SMILES string of the molecule is COc1cc(-n2cnc(Nc3nc(N4CCCC4C(N)=O)nc4sc(CN5CCCCC5)cc34)c2)cc(OC)c1OC. The Morgan fingerprint density at radius 1 is 1.02 bits per heavy atom. The zero-order chi connectivity index (χ0) is 29.2. The first kappa shape index (κ1) is 28.0. The zero-order valence-corrected chi connectivity index (χ0v) is 24.9. The molecular weight excluding hydrogens is 556 g/mol. The number of benzene rings is 1. The second-order valence-electron chi connectivity index (χ2n) is 10.6. The number of rotatable bonds is 10. The van der Waals surface area contributed by atoms with Crippen LogP contribution in [0.1, 0.15) is 37.0 Å². The molecule has 0 saturated carbocycles. The topological polar surface area (TPSA) is 133 Å². The molecule has 2 aliphatic rings. The lowest BCUT2D eigenvalue weighted by molar-refractivity contribution is -0.119. The number of anilines is 3. The number of thiophene rings is 1. The first-order chi connectivity index (χ1) is 20.5. The van der Waals surface area contributed by atoms with Crippen LogP contribution in [0.15, 0.2) is 30.7 Å². The van der Waals surface area contributed by atoms with Crippen molar-refractivity contribution in [2.45, 2.75) is 44.7 Å². The smallest absolute Gasteiger partial charge is 0.240 e. The minimum atomic E-state index is -0.415. The molecule has 1 atom stereocenters. The van der Waals surface area contributed by atoms with Gasteiger partial charge in [-0.1, -0.05) is 6.42 Å². The number of methoxy groups -OCH3 is 3. The molecule has 3 N–H and O–H groups in total. The van der Waals surface area contributed by atoms with Crippen LogP contribution in [-0.4, -0.2) is 77.3 Å². The van der Waals surface area contributed by atoms with Crippen molar-refractivity contribution in [3.8, 4) is 22.9 Å². The van der Waals surface area contributed by atoms with Gasteiger partial charge in [0.05, 0.1) is 38.6 Å². The van der Waals surface area contributed by atoms with Crippen LogP contribution in [-0.2, 0) is 11.3 Å². The number of nitrogens with one attached hydrogen (secondary N) is 1. The van der Waals surface area contributed by atoms with Crippen LogP contribution in [0.3, 0.4) is 0 Å². The number of carbonyl (C=O) groups excluding carboxylic acids is 1. The van der Waals surface area contributed by atoms with Gasteiger partial charge in [0.25, 0.3) is 0 Å². The fourth-order valence-corrected chi connectivity index (χ4v) is 6.83. The Kier molecular flexibility index (Phi) is 8.02. The van der Waals surface area contributed by atoms with E-state index < -0.39 is 6.04 Å². The van der Waals surface area contributed by atoms with Crippen molar-refractivity contribution in [2.24, 2.45) is 5.73 Å². The summed E-state index contributed by atoms with van der Waals surface area (Å²) < 4.78 is 18.4. The number of carbonyl (C=O) groups is 1. The van der Waals surface area contributed by atoms with E-state index in [9.17, 15) is 4.79 Å². The summed E-state index contributed by atoms with van der Waals surface area (Å²) >= 11 is 1.67. The molecule has 0 spiro atoms. The van der Waals surface area contributed by atoms with Gasteiger partial charge in [0.1, 0.15) is 28.8 Å². The number of imidazole rings is 1. The predicted octanol–water partition coefficient (Wildman–Crippen LogP) is 4.09. The summed E-state index contributed by atoms with van der Waals surface area (Å²) in [6.45, 7) is 3.80. The highest BCUT2D eigenvalue weighted by atomic mass is 32.1. The summed E-state index contributed by atoms with van der Waals surface area (Å²) in [7, 11) is 4.75. The Labute approximate surface area is 248 Å². The van der Waals surface area contributed by atoms with Gasteiger partial charge in [-0.25, -0.2) is 9.97 Å². The van der Waals surface area contributed by atoms with E-state index in [1.165, 1.54) is 24.1 Å². The monoisotopic (exact) mass is 592 g/mol. The molecule has 3 aromatic heterocycles. The Bertz CT molecular complexity index is 1560.